The zero-order valence-corrected chi connectivity index (χ0v) is 10.9. The molecule has 0 saturated heterocycles. The van der Waals surface area contributed by atoms with Gasteiger partial charge < -0.3 is 14.6 Å². The van der Waals surface area contributed by atoms with E-state index in [-0.39, 0.29) is 0 Å². The molecule has 3 N–H and O–H groups in total. The molecule has 1 fully saturated rings. The number of aliphatic hydroxyl groups is 1. The van der Waals surface area contributed by atoms with Crippen LogP contribution in [-0.2, 0) is 10.0 Å². The molecule has 0 spiro atoms. The lowest BCUT2D eigenvalue weighted by Crippen LogP contribution is -2.44. The Kier molecular flexibility index (Phi) is 3.93. The number of aliphatic hydroxyl groups excluding tert-OH is 1. The summed E-state index contributed by atoms with van der Waals surface area (Å²) in [4.78, 5) is 10.6. The minimum atomic E-state index is -3.95. The van der Waals surface area contributed by atoms with Gasteiger partial charge in [0.25, 0.3) is 10.0 Å². The summed E-state index contributed by atoms with van der Waals surface area (Å²) in [6.07, 6.45) is 2.07. The van der Waals surface area contributed by atoms with E-state index in [4.69, 9.17) is 9.52 Å². The van der Waals surface area contributed by atoms with Crippen LogP contribution in [0.2, 0.25) is 0 Å². The van der Waals surface area contributed by atoms with Gasteiger partial charge in [-0.05, 0) is 25.0 Å². The van der Waals surface area contributed by atoms with Gasteiger partial charge in [0, 0.05) is 6.04 Å². The van der Waals surface area contributed by atoms with Gasteiger partial charge in [0.15, 0.2) is 0 Å². The number of aromatic carboxylic acids is 1. The monoisotopic (exact) mass is 289 g/mol. The third kappa shape index (κ3) is 3.14. The fourth-order valence-corrected chi connectivity index (χ4v) is 3.32. The van der Waals surface area contributed by atoms with Crippen LogP contribution in [0.25, 0.3) is 0 Å². The van der Waals surface area contributed by atoms with Crippen molar-refractivity contribution in [3.05, 3.63) is 17.9 Å². The normalized spacial score (nSPS) is 24.3. The van der Waals surface area contributed by atoms with Crippen molar-refractivity contribution in [1.29, 1.82) is 0 Å². The average molecular weight is 289 g/mol. The second kappa shape index (κ2) is 5.32. The van der Waals surface area contributed by atoms with E-state index >= 15 is 0 Å². The number of hydrogen-bond donors (Lipinski definition) is 3. The van der Waals surface area contributed by atoms with Gasteiger partial charge in [-0.15, -0.1) is 0 Å². The summed E-state index contributed by atoms with van der Waals surface area (Å²) < 4.78 is 31.1. The zero-order valence-electron chi connectivity index (χ0n) is 10.1. The lowest BCUT2D eigenvalue weighted by Gasteiger charge is -2.27. The maximum atomic E-state index is 12.0. The largest absolute Gasteiger partial charge is 0.475 e. The van der Waals surface area contributed by atoms with Gasteiger partial charge in [0.2, 0.25) is 10.9 Å². The summed E-state index contributed by atoms with van der Waals surface area (Å²) in [7, 11) is -3.95. The summed E-state index contributed by atoms with van der Waals surface area (Å²) in [5.41, 5.74) is 0. The molecule has 0 aromatic carbocycles. The van der Waals surface area contributed by atoms with Gasteiger partial charge in [-0.25, -0.2) is 17.9 Å². The lowest BCUT2D eigenvalue weighted by molar-refractivity contribution is 0.0656. The van der Waals surface area contributed by atoms with E-state index in [1.54, 1.807) is 0 Å². The van der Waals surface area contributed by atoms with Gasteiger partial charge in [-0.3, -0.25) is 0 Å². The van der Waals surface area contributed by atoms with Crippen LogP contribution < -0.4 is 4.72 Å². The predicted molar refractivity (Wildman–Crippen MR) is 64.3 cm³/mol. The Hall–Kier alpha value is -1.38. The summed E-state index contributed by atoms with van der Waals surface area (Å²) in [6, 6.07) is 1.60. The molecule has 1 aliphatic rings. The smallest absolute Gasteiger partial charge is 0.371 e. The van der Waals surface area contributed by atoms with E-state index in [0.29, 0.717) is 12.8 Å². The topological polar surface area (TPSA) is 117 Å². The van der Waals surface area contributed by atoms with Gasteiger partial charge in [-0.2, -0.15) is 0 Å². The van der Waals surface area contributed by atoms with Gasteiger partial charge in [0.1, 0.15) is 0 Å². The number of nitrogens with one attached hydrogen (secondary N) is 1. The van der Waals surface area contributed by atoms with Crippen molar-refractivity contribution >= 4 is 16.0 Å². The first kappa shape index (κ1) is 14.0. The quantitative estimate of drug-likeness (QED) is 0.745. The molecule has 19 heavy (non-hydrogen) atoms. The molecule has 0 aliphatic heterocycles. The second-order valence-electron chi connectivity index (χ2n) is 4.50. The highest BCUT2D eigenvalue weighted by molar-refractivity contribution is 7.89. The van der Waals surface area contributed by atoms with Crippen LogP contribution in [0, 0.1) is 0 Å². The predicted octanol–water partition coefficient (Wildman–Crippen LogP) is 0.560. The molecule has 7 nitrogen and oxygen atoms in total. The highest BCUT2D eigenvalue weighted by atomic mass is 32.2. The maximum absolute atomic E-state index is 12.0. The molecule has 106 valence electrons. The molecule has 1 aromatic heterocycles. The molecule has 0 unspecified atom stereocenters. The Morgan fingerprint density at radius 2 is 2.00 bits per heavy atom. The van der Waals surface area contributed by atoms with Crippen LogP contribution >= 0.6 is 0 Å². The first-order valence-electron chi connectivity index (χ1n) is 5.93. The van der Waals surface area contributed by atoms with Crippen molar-refractivity contribution in [2.45, 2.75) is 42.9 Å². The van der Waals surface area contributed by atoms with E-state index in [2.05, 4.69) is 4.72 Å². The number of carboxylic acids is 1. The number of carbonyl (C=O) groups is 1. The summed E-state index contributed by atoms with van der Waals surface area (Å²) >= 11 is 0. The van der Waals surface area contributed by atoms with Crippen LogP contribution in [0.3, 0.4) is 0 Å². The first-order chi connectivity index (χ1) is 8.90. The standard InChI is InChI=1S/C11H15NO6S/c13-8-4-2-1-3-7(8)12-19(16,17)10-6-5-9(18-10)11(14)15/h5-8,12-13H,1-4H2,(H,14,15)/t7-,8-/m0/s1. The molecule has 0 bridgehead atoms. The number of rotatable bonds is 4. The van der Waals surface area contributed by atoms with Gasteiger partial charge in [-0.1, -0.05) is 12.8 Å². The van der Waals surface area contributed by atoms with Crippen LogP contribution in [0.4, 0.5) is 0 Å². The third-order valence-electron chi connectivity index (χ3n) is 3.09. The highest BCUT2D eigenvalue weighted by Gasteiger charge is 2.30. The van der Waals surface area contributed by atoms with E-state index in [1.807, 2.05) is 0 Å². The number of sulfonamides is 1. The summed E-state index contributed by atoms with van der Waals surface area (Å²) in [5.74, 6) is -1.77. The number of carboxylic acid groups (broad SMARTS) is 1. The van der Waals surface area contributed by atoms with Crippen LogP contribution in [-0.4, -0.2) is 36.7 Å². The zero-order chi connectivity index (χ0) is 14.0. The first-order valence-corrected chi connectivity index (χ1v) is 7.42. The fourth-order valence-electron chi connectivity index (χ4n) is 2.09. The van der Waals surface area contributed by atoms with Crippen molar-refractivity contribution in [3.8, 4) is 0 Å². The van der Waals surface area contributed by atoms with Crippen molar-refractivity contribution < 1.29 is 27.8 Å². The maximum Gasteiger partial charge on any atom is 0.371 e. The van der Waals surface area contributed by atoms with Crippen LogP contribution in [0.15, 0.2) is 21.6 Å². The van der Waals surface area contributed by atoms with Crippen molar-refractivity contribution in [1.82, 2.24) is 4.72 Å². The molecule has 0 radical (unpaired) electrons. The molecular weight excluding hydrogens is 274 g/mol. The van der Waals surface area contributed by atoms with Crippen molar-refractivity contribution in [2.24, 2.45) is 0 Å². The van der Waals surface area contributed by atoms with Crippen LogP contribution in [0.1, 0.15) is 36.2 Å². The number of furan rings is 1. The molecule has 2 atom stereocenters. The molecule has 2 rings (SSSR count). The SMILES string of the molecule is O=C(O)c1ccc(S(=O)(=O)N[C@H]2CCCC[C@@H]2O)o1. The Morgan fingerprint density at radius 1 is 1.32 bits per heavy atom. The molecule has 1 aromatic rings. The number of hydrogen-bond acceptors (Lipinski definition) is 5. The Bertz CT molecular complexity index is 563. The molecule has 1 heterocycles. The minimum absolute atomic E-state index is 0.440. The van der Waals surface area contributed by atoms with Gasteiger partial charge >= 0.3 is 5.97 Å². The van der Waals surface area contributed by atoms with Crippen LogP contribution in [0.5, 0.6) is 0 Å². The van der Waals surface area contributed by atoms with Crippen molar-refractivity contribution in [3.63, 3.8) is 0 Å². The Balaban J connectivity index is 2.15. The van der Waals surface area contributed by atoms with Crippen molar-refractivity contribution in [2.75, 3.05) is 0 Å². The van der Waals surface area contributed by atoms with Gasteiger partial charge in [0.05, 0.1) is 6.10 Å². The molecule has 0 amide bonds. The summed E-state index contributed by atoms with van der Waals surface area (Å²) in [6.45, 7) is 0. The lowest BCUT2D eigenvalue weighted by atomic mass is 9.93. The second-order valence-corrected chi connectivity index (χ2v) is 6.15. The Morgan fingerprint density at radius 3 is 2.58 bits per heavy atom. The summed E-state index contributed by atoms with van der Waals surface area (Å²) in [5, 5.41) is 17.9. The molecule has 1 aliphatic carbocycles. The van der Waals surface area contributed by atoms with E-state index in [9.17, 15) is 18.3 Å². The molecule has 8 heteroatoms. The Labute approximate surface area is 110 Å². The fraction of sp³-hybridized carbons (Fsp3) is 0.545. The minimum Gasteiger partial charge on any atom is -0.475 e. The van der Waals surface area contributed by atoms with E-state index in [1.165, 1.54) is 0 Å². The van der Waals surface area contributed by atoms with E-state index in [0.717, 1.165) is 25.0 Å². The third-order valence-corrected chi connectivity index (χ3v) is 4.46. The molecule has 1 saturated carbocycles. The molecular formula is C11H15NO6S. The average Bonchev–Trinajstić information content (AvgIpc) is 2.82. The van der Waals surface area contributed by atoms with E-state index < -0.39 is 39.0 Å². The highest BCUT2D eigenvalue weighted by Crippen LogP contribution is 2.21.